The molecule has 10 heteroatoms. The summed E-state index contributed by atoms with van der Waals surface area (Å²) in [5.41, 5.74) is 0.359. The minimum absolute atomic E-state index is 0.0697. The second kappa shape index (κ2) is 16.2. The lowest BCUT2D eigenvalue weighted by atomic mass is 10.0. The van der Waals surface area contributed by atoms with E-state index >= 15 is 0 Å². The Morgan fingerprint density at radius 2 is 1.18 bits per heavy atom. The Morgan fingerprint density at radius 3 is 1.66 bits per heavy atom. The summed E-state index contributed by atoms with van der Waals surface area (Å²) in [4.78, 5) is 11.0. The molecule has 1 amide bonds. The summed E-state index contributed by atoms with van der Waals surface area (Å²) in [6.45, 7) is 2.25. The molecule has 0 spiro atoms. The van der Waals surface area contributed by atoms with Crippen LogP contribution in [0.25, 0.3) is 10.8 Å². The van der Waals surface area contributed by atoms with Gasteiger partial charge in [0.25, 0.3) is 20.2 Å². The highest BCUT2D eigenvalue weighted by Gasteiger charge is 2.20. The summed E-state index contributed by atoms with van der Waals surface area (Å²) in [5.74, 6) is -0.194. The van der Waals surface area contributed by atoms with Crippen LogP contribution in [0.15, 0.2) is 40.1 Å². The molecule has 0 atom stereocenters. The van der Waals surface area contributed by atoms with Gasteiger partial charge in [0.2, 0.25) is 5.91 Å². The summed E-state index contributed by atoms with van der Waals surface area (Å²) < 4.78 is 65.4. The lowest BCUT2D eigenvalue weighted by molar-refractivity contribution is -0.116. The summed E-state index contributed by atoms with van der Waals surface area (Å²) in [5, 5.41) is 2.94. The number of amides is 1. The number of nitrogens with one attached hydrogen (secondary N) is 1. The van der Waals surface area contributed by atoms with E-state index in [0.29, 0.717) is 18.2 Å². The van der Waals surface area contributed by atoms with Gasteiger partial charge in [0.1, 0.15) is 4.90 Å². The van der Waals surface area contributed by atoms with E-state index in [0.717, 1.165) is 25.3 Å². The molecule has 0 bridgehead atoms. The van der Waals surface area contributed by atoms with Crippen molar-refractivity contribution in [2.45, 2.75) is 119 Å². The van der Waals surface area contributed by atoms with Crippen molar-refractivity contribution >= 4 is 42.6 Å². The van der Waals surface area contributed by atoms with Crippen LogP contribution in [-0.2, 0) is 25.0 Å². The number of unbranched alkanes of at least 4 members (excludes halogenated alkanes) is 14. The van der Waals surface area contributed by atoms with Gasteiger partial charge in [-0.1, -0.05) is 103 Å². The van der Waals surface area contributed by atoms with Crippen molar-refractivity contribution in [3.05, 3.63) is 30.3 Å². The zero-order chi connectivity index (χ0) is 28.0. The van der Waals surface area contributed by atoms with E-state index in [1.54, 1.807) is 0 Å². The molecule has 0 saturated carbocycles. The molecule has 0 unspecified atom stereocenters. The topological polar surface area (TPSA) is 138 Å². The molecule has 0 fully saturated rings. The number of carbonyl (C=O) groups excluding carboxylic acids is 1. The number of rotatable bonds is 19. The second-order valence-corrected chi connectivity index (χ2v) is 12.9. The van der Waals surface area contributed by atoms with E-state index in [9.17, 15) is 30.7 Å². The van der Waals surface area contributed by atoms with Crippen LogP contribution in [0.2, 0.25) is 0 Å². The fourth-order valence-corrected chi connectivity index (χ4v) is 5.99. The van der Waals surface area contributed by atoms with Gasteiger partial charge in [-0.3, -0.25) is 13.9 Å². The Labute approximate surface area is 228 Å². The van der Waals surface area contributed by atoms with E-state index in [2.05, 4.69) is 12.2 Å². The van der Waals surface area contributed by atoms with Gasteiger partial charge in [-0.05, 0) is 36.1 Å². The van der Waals surface area contributed by atoms with Crippen molar-refractivity contribution in [2.75, 3.05) is 5.32 Å². The highest BCUT2D eigenvalue weighted by Crippen LogP contribution is 2.29. The monoisotopic (exact) mass is 569 g/mol. The number of hydrogen-bond donors (Lipinski definition) is 3. The van der Waals surface area contributed by atoms with Gasteiger partial charge in [-0.25, -0.2) is 0 Å². The minimum Gasteiger partial charge on any atom is -0.326 e. The first-order valence-electron chi connectivity index (χ1n) is 13.8. The van der Waals surface area contributed by atoms with E-state index < -0.39 is 30.0 Å². The van der Waals surface area contributed by atoms with Gasteiger partial charge >= 0.3 is 0 Å². The SMILES string of the molecule is CCCCCCCCCCCCCCCCCC(=O)Nc1ccc2c(S(=O)(=O)O)cc(S(=O)(=O)O)cc2c1. The molecule has 2 rings (SSSR count). The van der Waals surface area contributed by atoms with Crippen molar-refractivity contribution in [1.82, 2.24) is 0 Å². The Hall–Kier alpha value is -2.01. The molecule has 2 aromatic carbocycles. The first-order valence-corrected chi connectivity index (χ1v) is 16.7. The standard InChI is InChI=1S/C28H43NO7S2/c1-2-3-4-5-6-7-8-9-10-11-12-13-14-15-16-17-28(30)29-24-18-19-26-23(20-24)21-25(37(31,32)33)22-27(26)38(34,35)36/h18-22H,2-17H2,1H3,(H,29,30)(H,31,32,33)(H,34,35,36). The molecule has 0 heterocycles. The maximum Gasteiger partial charge on any atom is 0.295 e. The van der Waals surface area contributed by atoms with Crippen molar-refractivity contribution in [1.29, 1.82) is 0 Å². The molecular weight excluding hydrogens is 526 g/mol. The molecule has 214 valence electrons. The largest absolute Gasteiger partial charge is 0.326 e. The van der Waals surface area contributed by atoms with Gasteiger partial charge in [0, 0.05) is 17.5 Å². The predicted molar refractivity (Wildman–Crippen MR) is 152 cm³/mol. The molecule has 0 aromatic heterocycles. The van der Waals surface area contributed by atoms with Crippen molar-refractivity contribution < 1.29 is 30.7 Å². The highest BCUT2D eigenvalue weighted by atomic mass is 32.2. The van der Waals surface area contributed by atoms with E-state index in [1.165, 1.54) is 95.2 Å². The van der Waals surface area contributed by atoms with Crippen LogP contribution in [0.5, 0.6) is 0 Å². The summed E-state index contributed by atoms with van der Waals surface area (Å²) >= 11 is 0. The zero-order valence-electron chi connectivity index (χ0n) is 22.5. The third-order valence-electron chi connectivity index (χ3n) is 6.76. The van der Waals surface area contributed by atoms with Crippen LogP contribution in [-0.4, -0.2) is 31.8 Å². The van der Waals surface area contributed by atoms with Gasteiger partial charge in [-0.15, -0.1) is 0 Å². The predicted octanol–water partition coefficient (Wildman–Crippen LogP) is 7.53. The maximum absolute atomic E-state index is 12.4. The molecule has 0 radical (unpaired) electrons. The fraction of sp³-hybridized carbons (Fsp3) is 0.607. The Bertz CT molecular complexity index is 1240. The molecular formula is C28H43NO7S2. The number of fused-ring (bicyclic) bond motifs is 1. The average molecular weight is 570 g/mol. The highest BCUT2D eigenvalue weighted by molar-refractivity contribution is 7.86. The minimum atomic E-state index is -4.74. The lowest BCUT2D eigenvalue weighted by Gasteiger charge is -2.10. The summed E-state index contributed by atoms with van der Waals surface area (Å²) in [7, 11) is -9.45. The first-order chi connectivity index (χ1) is 18.0. The van der Waals surface area contributed by atoms with Crippen LogP contribution < -0.4 is 5.32 Å². The van der Waals surface area contributed by atoms with E-state index in [1.807, 2.05) is 0 Å². The summed E-state index contributed by atoms with van der Waals surface area (Å²) in [6.07, 6.45) is 19.0. The van der Waals surface area contributed by atoms with Crippen molar-refractivity contribution in [2.24, 2.45) is 0 Å². The molecule has 0 aliphatic heterocycles. The van der Waals surface area contributed by atoms with E-state index in [-0.39, 0.29) is 16.7 Å². The lowest BCUT2D eigenvalue weighted by Crippen LogP contribution is -2.11. The fourth-order valence-electron chi connectivity index (χ4n) is 4.63. The third-order valence-corrected chi connectivity index (χ3v) is 8.48. The quantitative estimate of drug-likeness (QED) is 0.117. The Kier molecular flexibility index (Phi) is 13.7. The van der Waals surface area contributed by atoms with Crippen molar-refractivity contribution in [3.8, 4) is 0 Å². The normalized spacial score (nSPS) is 12.2. The third kappa shape index (κ3) is 11.8. The molecule has 8 nitrogen and oxygen atoms in total. The van der Waals surface area contributed by atoms with Crippen LogP contribution >= 0.6 is 0 Å². The molecule has 0 aliphatic carbocycles. The number of hydrogen-bond acceptors (Lipinski definition) is 5. The molecule has 38 heavy (non-hydrogen) atoms. The van der Waals surface area contributed by atoms with Gasteiger partial charge in [0.05, 0.1) is 4.90 Å². The summed E-state index contributed by atoms with van der Waals surface area (Å²) in [6, 6.07) is 6.04. The average Bonchev–Trinajstić information content (AvgIpc) is 2.84. The molecule has 0 saturated heterocycles. The Balaban J connectivity index is 1.69. The van der Waals surface area contributed by atoms with E-state index in [4.69, 9.17) is 0 Å². The van der Waals surface area contributed by atoms with Gasteiger partial charge in [-0.2, -0.15) is 16.8 Å². The zero-order valence-corrected chi connectivity index (χ0v) is 24.1. The first kappa shape index (κ1) is 32.2. The van der Waals surface area contributed by atoms with Gasteiger partial charge in [0.15, 0.2) is 0 Å². The molecule has 3 N–H and O–H groups in total. The molecule has 0 aliphatic rings. The maximum atomic E-state index is 12.4. The van der Waals surface area contributed by atoms with Gasteiger partial charge < -0.3 is 5.32 Å². The van der Waals surface area contributed by atoms with Crippen molar-refractivity contribution in [3.63, 3.8) is 0 Å². The molecule has 2 aromatic rings. The Morgan fingerprint density at radius 1 is 0.684 bits per heavy atom. The second-order valence-electron chi connectivity index (χ2n) is 10.1. The van der Waals surface area contributed by atoms with Crippen LogP contribution in [0.1, 0.15) is 110 Å². The number of anilines is 1. The van der Waals surface area contributed by atoms with Crippen LogP contribution in [0.3, 0.4) is 0 Å². The van der Waals surface area contributed by atoms with Crippen LogP contribution in [0, 0.1) is 0 Å². The number of benzene rings is 2. The number of carbonyl (C=O) groups is 1. The van der Waals surface area contributed by atoms with Crippen LogP contribution in [0.4, 0.5) is 5.69 Å². The smallest absolute Gasteiger partial charge is 0.295 e.